The Morgan fingerprint density at radius 2 is 2.20 bits per heavy atom. The van der Waals surface area contributed by atoms with Crippen LogP contribution < -0.4 is 4.74 Å². The predicted octanol–water partition coefficient (Wildman–Crippen LogP) is 3.71. The second-order valence-corrected chi connectivity index (χ2v) is 5.60. The van der Waals surface area contributed by atoms with Gasteiger partial charge in [-0.25, -0.2) is 4.79 Å². The Bertz CT molecular complexity index is 632. The number of fused-ring (bicyclic) bond motifs is 1. The molecule has 2 aromatic rings. The van der Waals surface area contributed by atoms with Gasteiger partial charge in [-0.05, 0) is 36.0 Å². The molecule has 1 aliphatic rings. The summed E-state index contributed by atoms with van der Waals surface area (Å²) in [5.41, 5.74) is 0.507. The van der Waals surface area contributed by atoms with E-state index in [0.717, 1.165) is 25.9 Å². The fourth-order valence-corrected chi connectivity index (χ4v) is 2.46. The van der Waals surface area contributed by atoms with Crippen LogP contribution in [-0.4, -0.2) is 29.2 Å². The predicted molar refractivity (Wildman–Crippen MR) is 75.0 cm³/mol. The number of amides is 1. The summed E-state index contributed by atoms with van der Waals surface area (Å²) in [6.07, 6.45) is 1.64. The number of carbonyl (C=O) groups excluding carboxylic acids is 1. The number of benzene rings is 1. The fraction of sp³-hybridized carbons (Fsp3) is 0.429. The van der Waals surface area contributed by atoms with Crippen LogP contribution in [0.2, 0.25) is 5.02 Å². The zero-order chi connectivity index (χ0) is 14.1. The number of hydrogen-bond donors (Lipinski definition) is 0. The van der Waals surface area contributed by atoms with Gasteiger partial charge in [0.2, 0.25) is 0 Å². The largest absolute Gasteiger partial charge is 0.416 e. The van der Waals surface area contributed by atoms with Gasteiger partial charge in [0.05, 0.1) is 5.39 Å². The smallest absolute Gasteiger partial charge is 0.387 e. The molecule has 0 unspecified atom stereocenters. The minimum atomic E-state index is -0.373. The van der Waals surface area contributed by atoms with E-state index in [-0.39, 0.29) is 12.0 Å². The van der Waals surface area contributed by atoms with E-state index in [2.05, 4.69) is 12.1 Å². The summed E-state index contributed by atoms with van der Waals surface area (Å²) in [6.45, 7) is 3.64. The Hall–Kier alpha value is -1.75. The molecule has 0 N–H and O–H groups in total. The third-order valence-corrected chi connectivity index (χ3v) is 3.86. The van der Waals surface area contributed by atoms with Gasteiger partial charge in [-0.3, -0.25) is 0 Å². The first-order valence-electron chi connectivity index (χ1n) is 6.65. The maximum Gasteiger partial charge on any atom is 0.416 e. The second kappa shape index (κ2) is 5.32. The van der Waals surface area contributed by atoms with Crippen molar-refractivity contribution in [3.05, 3.63) is 23.2 Å². The zero-order valence-corrected chi connectivity index (χ0v) is 11.9. The lowest BCUT2D eigenvalue weighted by Crippen LogP contribution is -2.39. The molecule has 0 spiro atoms. The maximum atomic E-state index is 12.1. The van der Waals surface area contributed by atoms with E-state index in [1.54, 1.807) is 23.1 Å². The van der Waals surface area contributed by atoms with Crippen LogP contribution >= 0.6 is 11.6 Å². The van der Waals surface area contributed by atoms with E-state index in [9.17, 15) is 4.79 Å². The Labute approximate surface area is 121 Å². The SMILES string of the molecule is CC1CCN(C(=O)Oc2noc3cc(Cl)ccc23)CC1. The quantitative estimate of drug-likeness (QED) is 0.804. The molecule has 3 rings (SSSR count). The van der Waals surface area contributed by atoms with Gasteiger partial charge in [0.25, 0.3) is 5.88 Å². The van der Waals surface area contributed by atoms with Crippen molar-refractivity contribution in [2.24, 2.45) is 5.92 Å². The zero-order valence-electron chi connectivity index (χ0n) is 11.1. The third kappa shape index (κ3) is 2.58. The third-order valence-electron chi connectivity index (χ3n) is 3.63. The molecule has 5 nitrogen and oxygen atoms in total. The molecule has 0 bridgehead atoms. The van der Waals surface area contributed by atoms with E-state index < -0.39 is 0 Å². The highest BCUT2D eigenvalue weighted by Gasteiger charge is 2.23. The average molecular weight is 295 g/mol. The Morgan fingerprint density at radius 1 is 1.45 bits per heavy atom. The summed E-state index contributed by atoms with van der Waals surface area (Å²) in [4.78, 5) is 13.8. The van der Waals surface area contributed by atoms with Crippen molar-refractivity contribution < 1.29 is 14.1 Å². The van der Waals surface area contributed by atoms with Crippen molar-refractivity contribution in [1.29, 1.82) is 0 Å². The highest BCUT2D eigenvalue weighted by molar-refractivity contribution is 6.31. The minimum absolute atomic E-state index is 0.195. The van der Waals surface area contributed by atoms with Crippen molar-refractivity contribution in [2.45, 2.75) is 19.8 Å². The molecule has 1 aromatic heterocycles. The molecule has 1 amide bonds. The summed E-state index contributed by atoms with van der Waals surface area (Å²) in [5, 5.41) is 4.98. The maximum absolute atomic E-state index is 12.1. The molecule has 6 heteroatoms. The molecular formula is C14H15ClN2O3. The first kappa shape index (κ1) is 13.2. The monoisotopic (exact) mass is 294 g/mol. The summed E-state index contributed by atoms with van der Waals surface area (Å²) in [6, 6.07) is 5.08. The van der Waals surface area contributed by atoms with E-state index >= 15 is 0 Å². The van der Waals surface area contributed by atoms with Crippen molar-refractivity contribution in [1.82, 2.24) is 10.1 Å². The Kier molecular flexibility index (Phi) is 3.53. The van der Waals surface area contributed by atoms with Crippen LogP contribution in [0.3, 0.4) is 0 Å². The van der Waals surface area contributed by atoms with Crippen LogP contribution in [0.25, 0.3) is 11.0 Å². The number of ether oxygens (including phenoxy) is 1. The van der Waals surface area contributed by atoms with Crippen LogP contribution in [0.4, 0.5) is 4.79 Å². The van der Waals surface area contributed by atoms with Crippen molar-refractivity contribution in [3.8, 4) is 5.88 Å². The number of halogens is 1. The number of likely N-dealkylation sites (tertiary alicyclic amines) is 1. The van der Waals surface area contributed by atoms with Gasteiger partial charge in [-0.1, -0.05) is 18.5 Å². The van der Waals surface area contributed by atoms with Gasteiger partial charge in [0, 0.05) is 24.2 Å². The van der Waals surface area contributed by atoms with Gasteiger partial charge in [-0.15, -0.1) is 0 Å². The number of rotatable bonds is 1. The van der Waals surface area contributed by atoms with Gasteiger partial charge >= 0.3 is 6.09 Å². The van der Waals surface area contributed by atoms with Crippen molar-refractivity contribution in [2.75, 3.05) is 13.1 Å². The molecule has 1 aliphatic heterocycles. The van der Waals surface area contributed by atoms with Crippen LogP contribution in [0, 0.1) is 5.92 Å². The van der Waals surface area contributed by atoms with Crippen LogP contribution in [0.5, 0.6) is 5.88 Å². The molecule has 0 saturated carbocycles. The molecular weight excluding hydrogens is 280 g/mol. The molecule has 106 valence electrons. The highest BCUT2D eigenvalue weighted by Crippen LogP contribution is 2.28. The van der Waals surface area contributed by atoms with Gasteiger partial charge in [-0.2, -0.15) is 0 Å². The summed E-state index contributed by atoms with van der Waals surface area (Å²) in [7, 11) is 0. The summed E-state index contributed by atoms with van der Waals surface area (Å²) >= 11 is 5.87. The number of nitrogens with zero attached hydrogens (tertiary/aromatic N) is 2. The molecule has 0 aliphatic carbocycles. The van der Waals surface area contributed by atoms with Crippen LogP contribution in [0.15, 0.2) is 22.7 Å². The lowest BCUT2D eigenvalue weighted by Gasteiger charge is -2.28. The Morgan fingerprint density at radius 3 is 2.95 bits per heavy atom. The lowest BCUT2D eigenvalue weighted by atomic mass is 10.00. The van der Waals surface area contributed by atoms with Crippen molar-refractivity contribution >= 4 is 28.7 Å². The molecule has 1 saturated heterocycles. The number of aromatic nitrogens is 1. The first-order chi connectivity index (χ1) is 9.63. The normalized spacial score (nSPS) is 16.6. The fourth-order valence-electron chi connectivity index (χ4n) is 2.30. The van der Waals surface area contributed by atoms with Crippen LogP contribution in [0.1, 0.15) is 19.8 Å². The van der Waals surface area contributed by atoms with E-state index in [1.807, 2.05) is 0 Å². The lowest BCUT2D eigenvalue weighted by molar-refractivity contribution is 0.130. The number of piperidine rings is 1. The highest BCUT2D eigenvalue weighted by atomic mass is 35.5. The average Bonchev–Trinajstić information content (AvgIpc) is 2.81. The van der Waals surface area contributed by atoms with Gasteiger partial charge < -0.3 is 14.2 Å². The summed E-state index contributed by atoms with van der Waals surface area (Å²) < 4.78 is 10.4. The molecule has 0 atom stereocenters. The van der Waals surface area contributed by atoms with Crippen LogP contribution in [-0.2, 0) is 0 Å². The molecule has 2 heterocycles. The molecule has 1 aromatic carbocycles. The molecule has 0 radical (unpaired) electrons. The van der Waals surface area contributed by atoms with E-state index in [4.69, 9.17) is 20.9 Å². The van der Waals surface area contributed by atoms with E-state index in [0.29, 0.717) is 21.9 Å². The summed E-state index contributed by atoms with van der Waals surface area (Å²) in [5.74, 6) is 0.856. The minimum Gasteiger partial charge on any atom is -0.387 e. The number of hydrogen-bond acceptors (Lipinski definition) is 4. The van der Waals surface area contributed by atoms with Crippen molar-refractivity contribution in [3.63, 3.8) is 0 Å². The standard InChI is InChI=1S/C14H15ClN2O3/c1-9-4-6-17(7-5-9)14(18)19-13-11-3-2-10(15)8-12(11)20-16-13/h2-3,8-9H,4-7H2,1H3. The molecule has 20 heavy (non-hydrogen) atoms. The molecule has 1 fully saturated rings. The van der Waals surface area contributed by atoms with E-state index in [1.165, 1.54) is 0 Å². The topological polar surface area (TPSA) is 55.6 Å². The second-order valence-electron chi connectivity index (χ2n) is 5.17. The van der Waals surface area contributed by atoms with Gasteiger partial charge in [0.15, 0.2) is 5.58 Å². The van der Waals surface area contributed by atoms with Gasteiger partial charge in [0.1, 0.15) is 0 Å². The first-order valence-corrected chi connectivity index (χ1v) is 7.03. The number of carbonyl (C=O) groups is 1. The Balaban J connectivity index is 1.74.